The number of hydrogen-bond donors (Lipinski definition) is 1. The first-order valence-electron chi connectivity index (χ1n) is 8.74. The number of aliphatic hydroxyl groups is 1. The number of rotatable bonds is 8. The zero-order chi connectivity index (χ0) is 16.2. The Morgan fingerprint density at radius 1 is 1.30 bits per heavy atom. The summed E-state index contributed by atoms with van der Waals surface area (Å²) >= 11 is 1.62. The molecule has 0 amide bonds. The number of aliphatic hydroxyl groups excluding tert-OH is 1. The van der Waals surface area contributed by atoms with Gasteiger partial charge in [-0.2, -0.15) is 0 Å². The van der Waals surface area contributed by atoms with Crippen molar-refractivity contribution in [2.24, 2.45) is 5.92 Å². The summed E-state index contributed by atoms with van der Waals surface area (Å²) in [6, 6.07) is 0. The summed E-state index contributed by atoms with van der Waals surface area (Å²) < 4.78 is 2.16. The lowest BCUT2D eigenvalue weighted by molar-refractivity contribution is 0.105. The number of piperidine rings is 1. The van der Waals surface area contributed by atoms with Gasteiger partial charge >= 0.3 is 0 Å². The van der Waals surface area contributed by atoms with Crippen molar-refractivity contribution in [3.63, 3.8) is 0 Å². The van der Waals surface area contributed by atoms with Crippen molar-refractivity contribution < 1.29 is 5.11 Å². The molecular weight excluding hydrogens is 308 g/mol. The van der Waals surface area contributed by atoms with Gasteiger partial charge in [0.2, 0.25) is 0 Å². The van der Waals surface area contributed by atoms with Gasteiger partial charge in [-0.05, 0) is 44.7 Å². The van der Waals surface area contributed by atoms with Crippen molar-refractivity contribution in [1.82, 2.24) is 19.7 Å². The van der Waals surface area contributed by atoms with Gasteiger partial charge in [0, 0.05) is 24.8 Å². The van der Waals surface area contributed by atoms with E-state index in [-0.39, 0.29) is 6.10 Å². The van der Waals surface area contributed by atoms with Crippen molar-refractivity contribution in [2.75, 3.05) is 25.4 Å². The van der Waals surface area contributed by atoms with Gasteiger partial charge in [-0.1, -0.05) is 24.8 Å². The van der Waals surface area contributed by atoms with Gasteiger partial charge in [-0.15, -0.1) is 16.8 Å². The Kier molecular flexibility index (Phi) is 5.77. The molecule has 1 aliphatic heterocycles. The highest BCUT2D eigenvalue weighted by Crippen LogP contribution is 2.40. The molecule has 6 heteroatoms. The molecule has 0 radical (unpaired) electrons. The Labute approximate surface area is 143 Å². The molecular formula is C17H28N4OS. The van der Waals surface area contributed by atoms with Crippen LogP contribution in [0.3, 0.4) is 0 Å². The summed E-state index contributed by atoms with van der Waals surface area (Å²) in [6.45, 7) is 9.89. The molecule has 0 spiro atoms. The number of likely N-dealkylation sites (tertiary alicyclic amines) is 1. The van der Waals surface area contributed by atoms with E-state index < -0.39 is 0 Å². The third-order valence-electron chi connectivity index (χ3n) is 4.75. The van der Waals surface area contributed by atoms with Crippen molar-refractivity contribution in [3.8, 4) is 0 Å². The Balaban J connectivity index is 1.50. The second-order valence-electron chi connectivity index (χ2n) is 6.96. The zero-order valence-electron chi connectivity index (χ0n) is 14.0. The van der Waals surface area contributed by atoms with Crippen LogP contribution in [0.2, 0.25) is 0 Å². The van der Waals surface area contributed by atoms with Gasteiger partial charge in [-0.25, -0.2) is 0 Å². The largest absolute Gasteiger partial charge is 0.391 e. The highest BCUT2D eigenvalue weighted by atomic mass is 32.2. The standard InChI is InChI=1S/C17H28N4OS/c1-3-8-21-16(14-4-5-14)18-19-17(21)23-12-15(22)11-20-9-6-13(2)7-10-20/h3,13-15,22H,1,4-12H2,2H3. The molecule has 1 N–H and O–H groups in total. The molecule has 128 valence electrons. The van der Waals surface area contributed by atoms with E-state index in [9.17, 15) is 5.11 Å². The van der Waals surface area contributed by atoms with E-state index >= 15 is 0 Å². The third-order valence-corrected chi connectivity index (χ3v) is 5.86. The average Bonchev–Trinajstić information content (AvgIpc) is 3.30. The second-order valence-corrected chi connectivity index (χ2v) is 7.95. The average molecular weight is 337 g/mol. The first kappa shape index (κ1) is 17.0. The molecule has 0 aromatic carbocycles. The summed E-state index contributed by atoms with van der Waals surface area (Å²) in [7, 11) is 0. The number of β-amino-alcohol motifs (C(OH)–C–C–N with tert-alkyl or cyclic N) is 1. The lowest BCUT2D eigenvalue weighted by Crippen LogP contribution is -2.39. The van der Waals surface area contributed by atoms with Crippen LogP contribution in [0.15, 0.2) is 17.8 Å². The van der Waals surface area contributed by atoms with E-state index in [0.29, 0.717) is 11.7 Å². The maximum absolute atomic E-state index is 10.3. The van der Waals surface area contributed by atoms with Crippen LogP contribution in [0.5, 0.6) is 0 Å². The molecule has 2 heterocycles. The van der Waals surface area contributed by atoms with Crippen LogP contribution in [0, 0.1) is 5.92 Å². The van der Waals surface area contributed by atoms with Gasteiger partial charge in [0.1, 0.15) is 5.82 Å². The van der Waals surface area contributed by atoms with Crippen LogP contribution in [0.1, 0.15) is 44.3 Å². The van der Waals surface area contributed by atoms with Gasteiger partial charge in [0.15, 0.2) is 5.16 Å². The highest BCUT2D eigenvalue weighted by molar-refractivity contribution is 7.99. The normalized spacial score (nSPS) is 21.5. The third kappa shape index (κ3) is 4.58. The molecule has 2 aliphatic rings. The van der Waals surface area contributed by atoms with Gasteiger partial charge in [0.25, 0.3) is 0 Å². The van der Waals surface area contributed by atoms with Crippen molar-refractivity contribution in [2.45, 2.75) is 56.3 Å². The fourth-order valence-corrected chi connectivity index (χ4v) is 3.99. The Bertz CT molecular complexity index is 521. The van der Waals surface area contributed by atoms with E-state index in [0.717, 1.165) is 43.1 Å². The van der Waals surface area contributed by atoms with E-state index in [4.69, 9.17) is 0 Å². The Morgan fingerprint density at radius 2 is 2.04 bits per heavy atom. The lowest BCUT2D eigenvalue weighted by atomic mass is 9.99. The first-order chi connectivity index (χ1) is 11.2. The van der Waals surface area contributed by atoms with Crippen LogP contribution in [-0.2, 0) is 6.54 Å². The molecule has 3 rings (SSSR count). The van der Waals surface area contributed by atoms with Crippen LogP contribution in [0.25, 0.3) is 0 Å². The Morgan fingerprint density at radius 3 is 2.70 bits per heavy atom. The summed E-state index contributed by atoms with van der Waals surface area (Å²) in [5.74, 6) is 3.17. The summed E-state index contributed by atoms with van der Waals surface area (Å²) in [6.07, 6.45) is 6.51. The number of aromatic nitrogens is 3. The van der Waals surface area contributed by atoms with Crippen LogP contribution < -0.4 is 0 Å². The molecule has 23 heavy (non-hydrogen) atoms. The van der Waals surface area contributed by atoms with E-state index in [1.54, 1.807) is 11.8 Å². The smallest absolute Gasteiger partial charge is 0.191 e. The fourth-order valence-electron chi connectivity index (χ4n) is 3.12. The summed E-state index contributed by atoms with van der Waals surface area (Å²) in [4.78, 5) is 2.38. The minimum absolute atomic E-state index is 0.313. The number of allylic oxidation sites excluding steroid dienone is 1. The quantitative estimate of drug-likeness (QED) is 0.584. The topological polar surface area (TPSA) is 54.2 Å². The number of hydrogen-bond acceptors (Lipinski definition) is 5. The molecule has 1 atom stereocenters. The predicted octanol–water partition coefficient (Wildman–Crippen LogP) is 2.53. The van der Waals surface area contributed by atoms with Crippen molar-refractivity contribution >= 4 is 11.8 Å². The minimum Gasteiger partial charge on any atom is -0.391 e. The molecule has 1 unspecified atom stereocenters. The molecule has 1 saturated heterocycles. The minimum atomic E-state index is -0.313. The van der Waals surface area contributed by atoms with Gasteiger partial charge in [-0.3, -0.25) is 0 Å². The molecule has 1 saturated carbocycles. The number of thioether (sulfide) groups is 1. The van der Waals surface area contributed by atoms with E-state index in [2.05, 4.69) is 33.2 Å². The SMILES string of the molecule is C=CCn1c(SCC(O)CN2CCC(C)CC2)nnc1C1CC1. The van der Waals surface area contributed by atoms with E-state index in [1.165, 1.54) is 25.7 Å². The van der Waals surface area contributed by atoms with Crippen molar-refractivity contribution in [3.05, 3.63) is 18.5 Å². The molecule has 1 aromatic heterocycles. The zero-order valence-corrected chi connectivity index (χ0v) is 14.8. The maximum atomic E-state index is 10.3. The maximum Gasteiger partial charge on any atom is 0.191 e. The summed E-state index contributed by atoms with van der Waals surface area (Å²) in [5.41, 5.74) is 0. The highest BCUT2D eigenvalue weighted by Gasteiger charge is 2.30. The fraction of sp³-hybridized carbons (Fsp3) is 0.765. The van der Waals surface area contributed by atoms with Crippen molar-refractivity contribution in [1.29, 1.82) is 0 Å². The second kappa shape index (κ2) is 7.81. The number of nitrogens with zero attached hydrogens (tertiary/aromatic N) is 4. The molecule has 0 bridgehead atoms. The van der Waals surface area contributed by atoms with Gasteiger partial charge < -0.3 is 14.6 Å². The molecule has 1 aromatic rings. The molecule has 2 fully saturated rings. The van der Waals surface area contributed by atoms with Crippen LogP contribution >= 0.6 is 11.8 Å². The molecule has 1 aliphatic carbocycles. The lowest BCUT2D eigenvalue weighted by Gasteiger charge is -2.31. The van der Waals surface area contributed by atoms with Crippen LogP contribution in [0.4, 0.5) is 0 Å². The monoisotopic (exact) mass is 336 g/mol. The predicted molar refractivity (Wildman–Crippen MR) is 93.8 cm³/mol. The van der Waals surface area contributed by atoms with E-state index in [1.807, 2.05) is 6.08 Å². The summed E-state index contributed by atoms with van der Waals surface area (Å²) in [5, 5.41) is 19.9. The Hall–Kier alpha value is -0.850. The molecule has 5 nitrogen and oxygen atoms in total. The first-order valence-corrected chi connectivity index (χ1v) is 9.73. The van der Waals surface area contributed by atoms with Gasteiger partial charge in [0.05, 0.1) is 6.10 Å². The van der Waals surface area contributed by atoms with Crippen LogP contribution in [-0.4, -0.2) is 56.3 Å².